The number of aromatic hydroxyl groups is 1. The van der Waals surface area contributed by atoms with E-state index < -0.39 is 0 Å². The van der Waals surface area contributed by atoms with Crippen LogP contribution in [-0.4, -0.2) is 24.2 Å². The Hall–Kier alpha value is -2.55. The molecule has 1 heterocycles. The molecule has 0 aliphatic rings. The van der Waals surface area contributed by atoms with E-state index in [0.29, 0.717) is 0 Å². The summed E-state index contributed by atoms with van der Waals surface area (Å²) in [4.78, 5) is 6.71. The van der Waals surface area contributed by atoms with Crippen molar-refractivity contribution in [2.45, 2.75) is 0 Å². The van der Waals surface area contributed by atoms with Crippen molar-refractivity contribution in [1.29, 1.82) is 0 Å². The molecule has 3 aromatic rings. The second-order valence-corrected chi connectivity index (χ2v) is 5.01. The predicted octanol–water partition coefficient (Wildman–Crippen LogP) is 3.67. The fraction of sp³-hybridized carbons (Fsp3) is 0.118. The zero-order valence-corrected chi connectivity index (χ0v) is 11.5. The minimum Gasteiger partial charge on any atom is -0.508 e. The van der Waals surface area contributed by atoms with Crippen molar-refractivity contribution in [3.8, 4) is 17.0 Å². The SMILES string of the molecule is CN(C)c1ccc(-c2ccc3cc(O)ccc3n2)cc1. The zero-order chi connectivity index (χ0) is 14.1. The van der Waals surface area contributed by atoms with Crippen LogP contribution in [0, 0.1) is 0 Å². The van der Waals surface area contributed by atoms with E-state index in [-0.39, 0.29) is 5.75 Å². The van der Waals surface area contributed by atoms with Crippen LogP contribution < -0.4 is 4.90 Å². The highest BCUT2D eigenvalue weighted by Gasteiger charge is 2.03. The van der Waals surface area contributed by atoms with Gasteiger partial charge < -0.3 is 10.0 Å². The zero-order valence-electron chi connectivity index (χ0n) is 11.5. The van der Waals surface area contributed by atoms with Crippen molar-refractivity contribution in [2.75, 3.05) is 19.0 Å². The smallest absolute Gasteiger partial charge is 0.116 e. The Labute approximate surface area is 118 Å². The van der Waals surface area contributed by atoms with Gasteiger partial charge in [0, 0.05) is 30.7 Å². The van der Waals surface area contributed by atoms with E-state index in [1.165, 1.54) is 5.69 Å². The van der Waals surface area contributed by atoms with Crippen molar-refractivity contribution < 1.29 is 5.11 Å². The Balaban J connectivity index is 2.03. The van der Waals surface area contributed by atoms with Crippen LogP contribution in [0.2, 0.25) is 0 Å². The molecule has 0 amide bonds. The highest BCUT2D eigenvalue weighted by Crippen LogP contribution is 2.25. The third-order valence-corrected chi connectivity index (χ3v) is 3.35. The van der Waals surface area contributed by atoms with E-state index in [4.69, 9.17) is 0 Å². The summed E-state index contributed by atoms with van der Waals surface area (Å²) in [6, 6.07) is 17.5. The number of rotatable bonds is 2. The molecule has 3 rings (SSSR count). The lowest BCUT2D eigenvalue weighted by atomic mass is 10.1. The van der Waals surface area contributed by atoms with Gasteiger partial charge in [-0.25, -0.2) is 4.98 Å². The van der Waals surface area contributed by atoms with Crippen molar-refractivity contribution in [3.05, 3.63) is 54.6 Å². The largest absolute Gasteiger partial charge is 0.508 e. The summed E-state index contributed by atoms with van der Waals surface area (Å²) in [5.74, 6) is 0.266. The lowest BCUT2D eigenvalue weighted by Gasteiger charge is -2.12. The van der Waals surface area contributed by atoms with Crippen LogP contribution in [0.4, 0.5) is 5.69 Å². The van der Waals surface area contributed by atoms with Crippen LogP contribution in [-0.2, 0) is 0 Å². The second-order valence-electron chi connectivity index (χ2n) is 5.01. The van der Waals surface area contributed by atoms with Crippen molar-refractivity contribution in [2.24, 2.45) is 0 Å². The summed E-state index contributed by atoms with van der Waals surface area (Å²) >= 11 is 0. The quantitative estimate of drug-likeness (QED) is 0.767. The standard InChI is InChI=1S/C17H16N2O/c1-19(2)14-6-3-12(4-7-14)16-9-5-13-11-15(20)8-10-17(13)18-16/h3-11,20H,1-2H3. The Morgan fingerprint density at radius 1 is 0.900 bits per heavy atom. The van der Waals surface area contributed by atoms with E-state index in [2.05, 4.69) is 34.1 Å². The van der Waals surface area contributed by atoms with Crippen LogP contribution in [0.25, 0.3) is 22.2 Å². The number of aromatic nitrogens is 1. The first kappa shape index (κ1) is 12.5. The molecule has 1 aromatic heterocycles. The van der Waals surface area contributed by atoms with Crippen molar-refractivity contribution in [3.63, 3.8) is 0 Å². The maximum Gasteiger partial charge on any atom is 0.116 e. The first-order valence-corrected chi connectivity index (χ1v) is 6.51. The van der Waals surface area contributed by atoms with Crippen molar-refractivity contribution >= 4 is 16.6 Å². The van der Waals surface area contributed by atoms with Crippen LogP contribution in [0.15, 0.2) is 54.6 Å². The van der Waals surface area contributed by atoms with Gasteiger partial charge in [-0.2, -0.15) is 0 Å². The summed E-state index contributed by atoms with van der Waals surface area (Å²) in [6.45, 7) is 0. The van der Waals surface area contributed by atoms with Crippen LogP contribution >= 0.6 is 0 Å². The molecule has 0 radical (unpaired) electrons. The number of nitrogens with zero attached hydrogens (tertiary/aromatic N) is 2. The maximum absolute atomic E-state index is 9.47. The Morgan fingerprint density at radius 3 is 2.35 bits per heavy atom. The average molecular weight is 264 g/mol. The lowest BCUT2D eigenvalue weighted by Crippen LogP contribution is -2.07. The third kappa shape index (κ3) is 2.30. The van der Waals surface area contributed by atoms with Gasteiger partial charge >= 0.3 is 0 Å². The summed E-state index contributed by atoms with van der Waals surface area (Å²) in [7, 11) is 4.05. The van der Waals surface area contributed by atoms with Gasteiger partial charge in [-0.05, 0) is 36.4 Å². The monoisotopic (exact) mass is 264 g/mol. The third-order valence-electron chi connectivity index (χ3n) is 3.35. The highest BCUT2D eigenvalue weighted by atomic mass is 16.3. The first-order valence-electron chi connectivity index (χ1n) is 6.51. The molecular formula is C17H16N2O. The summed E-state index contributed by atoms with van der Waals surface area (Å²) in [5, 5.41) is 10.4. The van der Waals surface area contributed by atoms with Gasteiger partial charge in [0.05, 0.1) is 11.2 Å². The number of fused-ring (bicyclic) bond motifs is 1. The molecule has 0 bridgehead atoms. The summed E-state index contributed by atoms with van der Waals surface area (Å²) < 4.78 is 0. The number of phenolic OH excluding ortho intramolecular Hbond substituents is 1. The van der Waals surface area contributed by atoms with Crippen LogP contribution in [0.1, 0.15) is 0 Å². The molecule has 0 spiro atoms. The molecular weight excluding hydrogens is 248 g/mol. The van der Waals surface area contributed by atoms with Gasteiger partial charge in [-0.3, -0.25) is 0 Å². The Bertz CT molecular complexity index is 749. The predicted molar refractivity (Wildman–Crippen MR) is 83.2 cm³/mol. The molecule has 3 heteroatoms. The van der Waals surface area contributed by atoms with E-state index in [0.717, 1.165) is 22.2 Å². The van der Waals surface area contributed by atoms with Gasteiger partial charge in [0.1, 0.15) is 5.75 Å². The lowest BCUT2D eigenvalue weighted by molar-refractivity contribution is 0.476. The number of hydrogen-bond acceptors (Lipinski definition) is 3. The molecule has 0 aliphatic carbocycles. The van der Waals surface area contributed by atoms with E-state index in [1.807, 2.05) is 32.3 Å². The molecule has 0 saturated heterocycles. The van der Waals surface area contributed by atoms with Crippen LogP contribution in [0.3, 0.4) is 0 Å². The number of pyridine rings is 1. The molecule has 0 fully saturated rings. The molecule has 3 nitrogen and oxygen atoms in total. The summed E-state index contributed by atoms with van der Waals surface area (Å²) in [5.41, 5.74) is 4.08. The summed E-state index contributed by atoms with van der Waals surface area (Å²) in [6.07, 6.45) is 0. The van der Waals surface area contributed by atoms with Gasteiger partial charge in [0.2, 0.25) is 0 Å². The van der Waals surface area contributed by atoms with E-state index >= 15 is 0 Å². The normalized spacial score (nSPS) is 10.7. The maximum atomic E-state index is 9.47. The minimum atomic E-state index is 0.266. The van der Waals surface area contributed by atoms with Gasteiger partial charge in [-0.1, -0.05) is 18.2 Å². The number of benzene rings is 2. The highest BCUT2D eigenvalue weighted by molar-refractivity contribution is 5.82. The molecule has 1 N–H and O–H groups in total. The molecule has 0 unspecified atom stereocenters. The van der Waals surface area contributed by atoms with E-state index in [9.17, 15) is 5.11 Å². The number of anilines is 1. The fourth-order valence-electron chi connectivity index (χ4n) is 2.20. The molecule has 0 aliphatic heterocycles. The van der Waals surface area contributed by atoms with Gasteiger partial charge in [0.15, 0.2) is 0 Å². The topological polar surface area (TPSA) is 36.4 Å². The molecule has 20 heavy (non-hydrogen) atoms. The first-order chi connectivity index (χ1) is 9.63. The second kappa shape index (κ2) is 4.85. The fourth-order valence-corrected chi connectivity index (χ4v) is 2.20. The minimum absolute atomic E-state index is 0.266. The molecule has 100 valence electrons. The molecule has 0 atom stereocenters. The number of hydrogen-bond donors (Lipinski definition) is 1. The van der Waals surface area contributed by atoms with Crippen molar-refractivity contribution in [1.82, 2.24) is 4.98 Å². The molecule has 0 saturated carbocycles. The average Bonchev–Trinajstić information content (AvgIpc) is 2.47. The number of phenols is 1. The Kier molecular flexibility index (Phi) is 3.03. The Morgan fingerprint density at radius 2 is 1.65 bits per heavy atom. The molecule has 2 aromatic carbocycles. The van der Waals surface area contributed by atoms with Crippen LogP contribution in [0.5, 0.6) is 5.75 Å². The van der Waals surface area contributed by atoms with Gasteiger partial charge in [0.25, 0.3) is 0 Å². The van der Waals surface area contributed by atoms with E-state index in [1.54, 1.807) is 12.1 Å². The van der Waals surface area contributed by atoms with Gasteiger partial charge in [-0.15, -0.1) is 0 Å².